The van der Waals surface area contributed by atoms with E-state index >= 15 is 0 Å². The first kappa shape index (κ1) is 17.5. The number of primary amides is 1. The maximum absolute atomic E-state index is 12.2. The van der Waals surface area contributed by atoms with Gasteiger partial charge in [0.05, 0.1) is 5.92 Å². The summed E-state index contributed by atoms with van der Waals surface area (Å²) in [6.45, 7) is 2.48. The average molecular weight is 317 g/mol. The van der Waals surface area contributed by atoms with Crippen molar-refractivity contribution in [2.75, 3.05) is 0 Å². The number of rotatable bonds is 7. The topological polar surface area (TPSA) is 69.4 Å². The molecule has 4 nitrogen and oxygen atoms in total. The number of carbonyl (C=O) groups is 2. The van der Waals surface area contributed by atoms with E-state index in [1.807, 2.05) is 0 Å². The zero-order valence-electron chi connectivity index (χ0n) is 13.9. The van der Waals surface area contributed by atoms with Gasteiger partial charge >= 0.3 is 5.97 Å². The fraction of sp³-hybridized carbons (Fsp3) is 0.579. The van der Waals surface area contributed by atoms with Gasteiger partial charge in [0.2, 0.25) is 5.91 Å². The fourth-order valence-electron chi connectivity index (χ4n) is 3.22. The molecule has 0 atom stereocenters. The molecule has 2 rings (SSSR count). The van der Waals surface area contributed by atoms with E-state index in [0.29, 0.717) is 5.56 Å². The maximum atomic E-state index is 12.2. The van der Waals surface area contributed by atoms with Crippen LogP contribution in [0.5, 0.6) is 0 Å². The van der Waals surface area contributed by atoms with E-state index in [9.17, 15) is 9.59 Å². The van der Waals surface area contributed by atoms with Gasteiger partial charge in [-0.3, -0.25) is 9.59 Å². The van der Waals surface area contributed by atoms with Gasteiger partial charge in [0.15, 0.2) is 0 Å². The number of ether oxygens (including phenoxy) is 1. The lowest BCUT2D eigenvalue weighted by Crippen LogP contribution is -2.23. The molecule has 1 saturated carbocycles. The molecule has 4 heteroatoms. The van der Waals surface area contributed by atoms with Crippen LogP contribution in [0.2, 0.25) is 0 Å². The number of nitrogens with two attached hydrogens (primary N) is 1. The van der Waals surface area contributed by atoms with Crippen molar-refractivity contribution in [3.05, 3.63) is 35.4 Å². The van der Waals surface area contributed by atoms with Gasteiger partial charge < -0.3 is 10.5 Å². The first-order chi connectivity index (χ1) is 11.1. The van der Waals surface area contributed by atoms with Crippen molar-refractivity contribution in [3.8, 4) is 0 Å². The Labute approximate surface area is 138 Å². The van der Waals surface area contributed by atoms with Crippen LogP contribution in [0.25, 0.3) is 0 Å². The molecule has 1 aromatic carbocycles. The van der Waals surface area contributed by atoms with E-state index in [1.165, 1.54) is 19.3 Å². The minimum atomic E-state index is -0.451. The second kappa shape index (κ2) is 8.70. The third-order valence-corrected chi connectivity index (χ3v) is 4.77. The molecule has 0 aromatic heterocycles. The van der Waals surface area contributed by atoms with Crippen LogP contribution >= 0.6 is 0 Å². The molecular formula is C19H27NO3. The van der Waals surface area contributed by atoms with Gasteiger partial charge in [-0.2, -0.15) is 0 Å². The highest BCUT2D eigenvalue weighted by Gasteiger charge is 2.27. The summed E-state index contributed by atoms with van der Waals surface area (Å²) < 4.78 is 5.43. The van der Waals surface area contributed by atoms with E-state index in [1.54, 1.807) is 24.3 Å². The lowest BCUT2D eigenvalue weighted by Gasteiger charge is -2.27. The summed E-state index contributed by atoms with van der Waals surface area (Å²) in [7, 11) is 0. The molecule has 0 unspecified atom stereocenters. The summed E-state index contributed by atoms with van der Waals surface area (Å²) in [5.74, 6) is 0.310. The molecule has 1 aliphatic rings. The standard InChI is InChI=1S/C19H27NO3/c1-2-3-4-14-5-11-17(12-6-14)19(22)23-13-15-7-9-16(10-8-15)18(20)21/h7-10,14,17H,2-6,11-13H2,1H3,(H2,20,21). The number of amides is 1. The SMILES string of the molecule is CCCCC1CCC(C(=O)OCc2ccc(C(N)=O)cc2)CC1. The van der Waals surface area contributed by atoms with Gasteiger partial charge in [0.1, 0.15) is 6.61 Å². The number of hydrogen-bond donors (Lipinski definition) is 1. The Bertz CT molecular complexity index is 516. The molecule has 0 heterocycles. The first-order valence-electron chi connectivity index (χ1n) is 8.65. The Kier molecular flexibility index (Phi) is 6.63. The predicted octanol–water partition coefficient (Wildman–Crippen LogP) is 3.83. The average Bonchev–Trinajstić information content (AvgIpc) is 2.58. The quantitative estimate of drug-likeness (QED) is 0.777. The third kappa shape index (κ3) is 5.38. The lowest BCUT2D eigenvalue weighted by molar-refractivity contribution is -0.151. The first-order valence-corrected chi connectivity index (χ1v) is 8.65. The number of unbranched alkanes of at least 4 members (excludes halogenated alkanes) is 1. The van der Waals surface area contributed by atoms with Crippen LogP contribution in [0.15, 0.2) is 24.3 Å². The zero-order chi connectivity index (χ0) is 16.7. The van der Waals surface area contributed by atoms with Crippen LogP contribution in [-0.2, 0) is 16.1 Å². The van der Waals surface area contributed by atoms with Crippen molar-refractivity contribution in [1.82, 2.24) is 0 Å². The molecular weight excluding hydrogens is 290 g/mol. The van der Waals surface area contributed by atoms with Crippen molar-refractivity contribution < 1.29 is 14.3 Å². The van der Waals surface area contributed by atoms with E-state index in [2.05, 4.69) is 6.92 Å². The molecule has 1 aromatic rings. The normalized spacial score (nSPS) is 20.9. The van der Waals surface area contributed by atoms with E-state index < -0.39 is 5.91 Å². The Morgan fingerprint density at radius 3 is 2.35 bits per heavy atom. The Hall–Kier alpha value is -1.84. The predicted molar refractivity (Wildman–Crippen MR) is 89.7 cm³/mol. The molecule has 1 aliphatic carbocycles. The monoisotopic (exact) mass is 317 g/mol. The molecule has 0 bridgehead atoms. The summed E-state index contributed by atoms with van der Waals surface area (Å²) in [6.07, 6.45) is 8.03. The maximum Gasteiger partial charge on any atom is 0.309 e. The minimum absolute atomic E-state index is 0.0535. The zero-order valence-corrected chi connectivity index (χ0v) is 13.9. The molecule has 23 heavy (non-hydrogen) atoms. The van der Waals surface area contributed by atoms with Crippen molar-refractivity contribution >= 4 is 11.9 Å². The van der Waals surface area contributed by atoms with Gasteiger partial charge in [0.25, 0.3) is 0 Å². The minimum Gasteiger partial charge on any atom is -0.461 e. The van der Waals surface area contributed by atoms with Crippen LogP contribution < -0.4 is 5.73 Å². The Morgan fingerprint density at radius 2 is 1.78 bits per heavy atom. The number of benzene rings is 1. The van der Waals surface area contributed by atoms with Crippen molar-refractivity contribution in [1.29, 1.82) is 0 Å². The van der Waals surface area contributed by atoms with E-state index in [0.717, 1.165) is 37.2 Å². The Balaban J connectivity index is 1.74. The molecule has 1 amide bonds. The summed E-state index contributed by atoms with van der Waals surface area (Å²) in [5, 5.41) is 0. The molecule has 0 spiro atoms. The van der Waals surface area contributed by atoms with Gasteiger partial charge in [-0.1, -0.05) is 38.3 Å². The van der Waals surface area contributed by atoms with Crippen LogP contribution in [0.4, 0.5) is 0 Å². The van der Waals surface area contributed by atoms with Crippen molar-refractivity contribution in [2.45, 2.75) is 58.5 Å². The summed E-state index contributed by atoms with van der Waals surface area (Å²) >= 11 is 0. The van der Waals surface area contributed by atoms with Gasteiger partial charge in [-0.05, 0) is 49.3 Å². The van der Waals surface area contributed by atoms with Crippen LogP contribution in [0, 0.1) is 11.8 Å². The van der Waals surface area contributed by atoms with Gasteiger partial charge in [-0.25, -0.2) is 0 Å². The summed E-state index contributed by atoms with van der Waals surface area (Å²) in [6, 6.07) is 6.86. The summed E-state index contributed by atoms with van der Waals surface area (Å²) in [5.41, 5.74) is 6.54. The molecule has 2 N–H and O–H groups in total. The van der Waals surface area contributed by atoms with Crippen LogP contribution in [-0.4, -0.2) is 11.9 Å². The summed E-state index contributed by atoms with van der Waals surface area (Å²) in [4.78, 5) is 23.2. The Morgan fingerprint density at radius 1 is 1.13 bits per heavy atom. The second-order valence-electron chi connectivity index (χ2n) is 6.53. The van der Waals surface area contributed by atoms with Crippen molar-refractivity contribution in [2.24, 2.45) is 17.6 Å². The van der Waals surface area contributed by atoms with Gasteiger partial charge in [-0.15, -0.1) is 0 Å². The van der Waals surface area contributed by atoms with Crippen LogP contribution in [0.1, 0.15) is 67.8 Å². The largest absolute Gasteiger partial charge is 0.461 e. The highest BCUT2D eigenvalue weighted by molar-refractivity contribution is 5.92. The fourth-order valence-corrected chi connectivity index (χ4v) is 3.22. The van der Waals surface area contributed by atoms with Gasteiger partial charge in [0, 0.05) is 5.56 Å². The number of esters is 1. The molecule has 0 radical (unpaired) electrons. The molecule has 126 valence electrons. The van der Waals surface area contributed by atoms with E-state index in [-0.39, 0.29) is 18.5 Å². The van der Waals surface area contributed by atoms with E-state index in [4.69, 9.17) is 10.5 Å². The van der Waals surface area contributed by atoms with Crippen molar-refractivity contribution in [3.63, 3.8) is 0 Å². The number of hydrogen-bond acceptors (Lipinski definition) is 3. The number of carbonyl (C=O) groups excluding carboxylic acids is 2. The molecule has 1 fully saturated rings. The molecule has 0 aliphatic heterocycles. The highest BCUT2D eigenvalue weighted by Crippen LogP contribution is 2.32. The molecule has 0 saturated heterocycles. The highest BCUT2D eigenvalue weighted by atomic mass is 16.5. The lowest BCUT2D eigenvalue weighted by atomic mass is 9.80. The van der Waals surface area contributed by atoms with Crippen LogP contribution in [0.3, 0.4) is 0 Å². The smallest absolute Gasteiger partial charge is 0.309 e. The second-order valence-corrected chi connectivity index (χ2v) is 6.53. The third-order valence-electron chi connectivity index (χ3n) is 4.77.